The fourth-order valence-electron chi connectivity index (χ4n) is 1.91. The molecule has 134 valence electrons. The summed E-state index contributed by atoms with van der Waals surface area (Å²) in [6, 6.07) is 12.5. The van der Waals surface area contributed by atoms with Gasteiger partial charge in [0, 0.05) is 13.0 Å². The molecule has 2 aromatic carbocycles. The molecule has 0 bridgehead atoms. The summed E-state index contributed by atoms with van der Waals surface area (Å²) in [4.78, 5) is 42.6. The predicted molar refractivity (Wildman–Crippen MR) is 91.3 cm³/mol. The molecule has 0 N–H and O–H groups in total. The minimum atomic E-state index is -0.639. The minimum absolute atomic E-state index is 0.312. The molecule has 0 fully saturated rings. The maximum Gasteiger partial charge on any atom is 0.365 e. The lowest BCUT2D eigenvalue weighted by Crippen LogP contribution is -2.08. The van der Waals surface area contributed by atoms with Crippen molar-refractivity contribution < 1.29 is 33.6 Å². The van der Waals surface area contributed by atoms with Crippen molar-refractivity contribution in [2.24, 2.45) is 0 Å². The molecule has 2 aromatic rings. The van der Waals surface area contributed by atoms with Gasteiger partial charge in [-0.25, -0.2) is 9.59 Å². The minimum Gasteiger partial charge on any atom is -0.427 e. The van der Waals surface area contributed by atoms with Gasteiger partial charge in [0.25, 0.3) is 0 Å². The summed E-state index contributed by atoms with van der Waals surface area (Å²) < 4.78 is 10.2. The van der Waals surface area contributed by atoms with Gasteiger partial charge in [-0.3, -0.25) is 9.68 Å². The highest BCUT2D eigenvalue weighted by Crippen LogP contribution is 2.17. The normalized spacial score (nSPS) is 10.4. The van der Waals surface area contributed by atoms with Gasteiger partial charge in [0.05, 0.1) is 12.7 Å². The van der Waals surface area contributed by atoms with Gasteiger partial charge in [-0.15, -0.1) is 0 Å². The Bertz CT molecular complexity index is 805. The first-order chi connectivity index (χ1) is 12.5. The Balaban J connectivity index is 1.96. The number of esters is 2. The lowest BCUT2D eigenvalue weighted by Gasteiger charge is -2.06. The highest BCUT2D eigenvalue weighted by molar-refractivity contribution is 5.91. The summed E-state index contributed by atoms with van der Waals surface area (Å²) >= 11 is 0. The van der Waals surface area contributed by atoms with E-state index < -0.39 is 17.9 Å². The van der Waals surface area contributed by atoms with Crippen LogP contribution in [0.15, 0.2) is 54.6 Å². The Hall–Kier alpha value is -3.45. The highest BCUT2D eigenvalue weighted by Gasteiger charge is 2.09. The molecular formula is C19H16O7. The van der Waals surface area contributed by atoms with Crippen LogP contribution in [0.2, 0.25) is 0 Å². The monoisotopic (exact) mass is 356 g/mol. The molecule has 0 amide bonds. The van der Waals surface area contributed by atoms with Crippen molar-refractivity contribution >= 4 is 24.0 Å². The molecule has 0 radical (unpaired) electrons. The number of hydrogen-bond acceptors (Lipinski definition) is 7. The quantitative estimate of drug-likeness (QED) is 0.258. The largest absolute Gasteiger partial charge is 0.427 e. The first kappa shape index (κ1) is 18.9. The Morgan fingerprint density at radius 1 is 0.846 bits per heavy atom. The van der Waals surface area contributed by atoms with Crippen molar-refractivity contribution in [3.8, 4) is 11.5 Å². The van der Waals surface area contributed by atoms with E-state index >= 15 is 0 Å². The van der Waals surface area contributed by atoms with Gasteiger partial charge in [-0.2, -0.15) is 4.89 Å². The number of ether oxygens (including phenoxy) is 2. The summed E-state index contributed by atoms with van der Waals surface area (Å²) in [5, 5.41) is 0. The smallest absolute Gasteiger partial charge is 0.365 e. The molecule has 0 spiro atoms. The number of rotatable bonds is 6. The highest BCUT2D eigenvalue weighted by atomic mass is 17.2. The second-order valence-corrected chi connectivity index (χ2v) is 4.98. The Morgan fingerprint density at radius 2 is 1.42 bits per heavy atom. The van der Waals surface area contributed by atoms with Gasteiger partial charge >= 0.3 is 17.9 Å². The molecule has 0 aliphatic carbocycles. The van der Waals surface area contributed by atoms with E-state index in [0.717, 1.165) is 0 Å². The topological polar surface area (TPSA) is 88.1 Å². The van der Waals surface area contributed by atoms with Crippen LogP contribution in [0.1, 0.15) is 22.8 Å². The number of carbonyl (C=O) groups excluding carboxylic acids is 3. The molecular weight excluding hydrogens is 340 g/mol. The van der Waals surface area contributed by atoms with Crippen molar-refractivity contribution in [2.45, 2.75) is 6.92 Å². The molecule has 2 rings (SSSR count). The molecule has 0 aliphatic rings. The van der Waals surface area contributed by atoms with E-state index in [9.17, 15) is 14.4 Å². The second kappa shape index (κ2) is 9.14. The van der Waals surface area contributed by atoms with Crippen LogP contribution in [0, 0.1) is 0 Å². The molecule has 0 saturated heterocycles. The third-order valence-corrected chi connectivity index (χ3v) is 3.02. The molecule has 0 aliphatic heterocycles. The molecule has 26 heavy (non-hydrogen) atoms. The Labute approximate surface area is 149 Å². The van der Waals surface area contributed by atoms with Crippen molar-refractivity contribution in [3.05, 3.63) is 65.7 Å². The van der Waals surface area contributed by atoms with E-state index in [-0.39, 0.29) is 0 Å². The first-order valence-electron chi connectivity index (χ1n) is 7.51. The van der Waals surface area contributed by atoms with E-state index in [0.29, 0.717) is 22.6 Å². The van der Waals surface area contributed by atoms with Crippen LogP contribution in [0.25, 0.3) is 6.08 Å². The number of hydrogen-bond donors (Lipinski definition) is 0. The lowest BCUT2D eigenvalue weighted by atomic mass is 10.2. The summed E-state index contributed by atoms with van der Waals surface area (Å²) in [5.74, 6) is -0.940. The third kappa shape index (κ3) is 5.88. The molecule has 7 nitrogen and oxygen atoms in total. The zero-order valence-corrected chi connectivity index (χ0v) is 14.1. The SMILES string of the molecule is COOC(=O)/C=C/c1ccc(OC(=O)c2ccc(OC(C)=O)cc2)cc1. The molecule has 0 saturated carbocycles. The van der Waals surface area contributed by atoms with Gasteiger partial charge in [0.2, 0.25) is 0 Å². The van der Waals surface area contributed by atoms with Gasteiger partial charge in [-0.05, 0) is 48.0 Å². The zero-order valence-electron chi connectivity index (χ0n) is 14.1. The fourth-order valence-corrected chi connectivity index (χ4v) is 1.91. The number of benzene rings is 2. The maximum atomic E-state index is 12.1. The fraction of sp³-hybridized carbons (Fsp3) is 0.105. The van der Waals surface area contributed by atoms with Crippen LogP contribution < -0.4 is 9.47 Å². The number of carbonyl (C=O) groups is 3. The zero-order chi connectivity index (χ0) is 18.9. The average molecular weight is 356 g/mol. The molecule has 0 unspecified atom stereocenters. The summed E-state index contributed by atoms with van der Waals surface area (Å²) in [6.07, 6.45) is 2.73. The van der Waals surface area contributed by atoms with E-state index in [1.54, 1.807) is 24.3 Å². The van der Waals surface area contributed by atoms with Crippen LogP contribution in [0.5, 0.6) is 11.5 Å². The molecule has 0 aromatic heterocycles. The van der Waals surface area contributed by atoms with Gasteiger partial charge in [0.1, 0.15) is 11.5 Å². The van der Waals surface area contributed by atoms with Gasteiger partial charge in [-0.1, -0.05) is 12.1 Å². The van der Waals surface area contributed by atoms with Crippen molar-refractivity contribution in [3.63, 3.8) is 0 Å². The summed E-state index contributed by atoms with van der Waals surface area (Å²) in [6.45, 7) is 1.29. The van der Waals surface area contributed by atoms with Crippen molar-refractivity contribution in [1.29, 1.82) is 0 Å². The van der Waals surface area contributed by atoms with Crippen LogP contribution in [-0.4, -0.2) is 25.0 Å². The van der Waals surface area contributed by atoms with Gasteiger partial charge in [0.15, 0.2) is 0 Å². The molecule has 0 heterocycles. The van der Waals surface area contributed by atoms with Crippen LogP contribution in [0.4, 0.5) is 0 Å². The van der Waals surface area contributed by atoms with E-state index in [1.165, 1.54) is 50.5 Å². The van der Waals surface area contributed by atoms with Crippen molar-refractivity contribution in [2.75, 3.05) is 7.11 Å². The van der Waals surface area contributed by atoms with Crippen LogP contribution >= 0.6 is 0 Å². The predicted octanol–water partition coefficient (Wildman–Crippen LogP) is 2.95. The van der Waals surface area contributed by atoms with Crippen molar-refractivity contribution in [1.82, 2.24) is 0 Å². The van der Waals surface area contributed by atoms with E-state index in [1.807, 2.05) is 0 Å². The maximum absolute atomic E-state index is 12.1. The van der Waals surface area contributed by atoms with Crippen LogP contribution in [0.3, 0.4) is 0 Å². The Kier molecular flexibility index (Phi) is 6.64. The first-order valence-corrected chi connectivity index (χ1v) is 7.51. The molecule has 7 heteroatoms. The lowest BCUT2D eigenvalue weighted by molar-refractivity contribution is -0.249. The summed E-state index contributed by atoms with van der Waals surface area (Å²) in [7, 11) is 1.23. The van der Waals surface area contributed by atoms with Crippen LogP contribution in [-0.2, 0) is 19.4 Å². The Morgan fingerprint density at radius 3 is 2.00 bits per heavy atom. The summed E-state index contributed by atoms with van der Waals surface area (Å²) in [5.41, 5.74) is 1.02. The third-order valence-electron chi connectivity index (χ3n) is 3.02. The molecule has 0 atom stereocenters. The van der Waals surface area contributed by atoms with Gasteiger partial charge < -0.3 is 9.47 Å². The standard InChI is InChI=1S/C19H16O7/c1-13(20)24-16-10-6-15(7-11-16)19(22)25-17-8-3-14(4-9-17)5-12-18(21)26-23-2/h3-12H,1-2H3/b12-5+. The second-order valence-electron chi connectivity index (χ2n) is 4.98. The average Bonchev–Trinajstić information content (AvgIpc) is 2.61. The van der Waals surface area contributed by atoms with E-state index in [2.05, 4.69) is 9.78 Å². The van der Waals surface area contributed by atoms with E-state index in [4.69, 9.17) is 9.47 Å².